The second-order valence-corrected chi connectivity index (χ2v) is 9.36. The Labute approximate surface area is 211 Å². The molecule has 2 amide bonds. The van der Waals surface area contributed by atoms with Crippen molar-refractivity contribution in [3.05, 3.63) is 100.0 Å². The standard InChI is InChI=1S/C29H30N2O3S/c1-4-30(5-2)25-16-15-23(26(18-25)34-20-22-12-7-6-8-13-22)17-27-28(32)31(29(33)35-27)19-24-14-10-9-11-21(24)3/h6-18H,4-5,19-20H2,1-3H3/b27-17-. The summed E-state index contributed by atoms with van der Waals surface area (Å²) in [7, 11) is 0. The van der Waals surface area contributed by atoms with Crippen LogP contribution in [-0.4, -0.2) is 29.1 Å². The maximum absolute atomic E-state index is 13.2. The van der Waals surface area contributed by atoms with Crippen molar-refractivity contribution in [1.29, 1.82) is 0 Å². The summed E-state index contributed by atoms with van der Waals surface area (Å²) in [6, 6.07) is 23.8. The third kappa shape index (κ3) is 5.77. The minimum absolute atomic E-state index is 0.254. The van der Waals surface area contributed by atoms with Crippen molar-refractivity contribution < 1.29 is 14.3 Å². The highest BCUT2D eigenvalue weighted by Crippen LogP contribution is 2.36. The Balaban J connectivity index is 1.62. The topological polar surface area (TPSA) is 49.9 Å². The van der Waals surface area contributed by atoms with Crippen LogP contribution >= 0.6 is 11.8 Å². The number of imide groups is 1. The van der Waals surface area contributed by atoms with E-state index < -0.39 is 0 Å². The highest BCUT2D eigenvalue weighted by Gasteiger charge is 2.35. The second kappa shape index (κ2) is 11.3. The van der Waals surface area contributed by atoms with Crippen LogP contribution < -0.4 is 9.64 Å². The van der Waals surface area contributed by atoms with Gasteiger partial charge in [0.25, 0.3) is 11.1 Å². The molecule has 3 aromatic rings. The maximum atomic E-state index is 13.2. The van der Waals surface area contributed by atoms with Crippen molar-refractivity contribution in [1.82, 2.24) is 4.90 Å². The lowest BCUT2D eigenvalue weighted by Crippen LogP contribution is -2.27. The Morgan fingerprint density at radius 3 is 2.37 bits per heavy atom. The zero-order valence-electron chi connectivity index (χ0n) is 20.4. The molecular weight excluding hydrogens is 456 g/mol. The molecule has 1 fully saturated rings. The van der Waals surface area contributed by atoms with Crippen LogP contribution in [0.5, 0.6) is 5.75 Å². The molecule has 1 aliphatic rings. The molecule has 0 bridgehead atoms. The van der Waals surface area contributed by atoms with Crippen molar-refractivity contribution in [2.45, 2.75) is 33.9 Å². The summed E-state index contributed by atoms with van der Waals surface area (Å²) in [5.74, 6) is 0.411. The summed E-state index contributed by atoms with van der Waals surface area (Å²) >= 11 is 0.977. The van der Waals surface area contributed by atoms with Crippen molar-refractivity contribution in [2.24, 2.45) is 0 Å². The number of carbonyl (C=O) groups is 2. The number of ether oxygens (including phenoxy) is 1. The van der Waals surface area contributed by atoms with Gasteiger partial charge in [0, 0.05) is 30.4 Å². The lowest BCUT2D eigenvalue weighted by molar-refractivity contribution is -0.123. The second-order valence-electron chi connectivity index (χ2n) is 8.36. The van der Waals surface area contributed by atoms with Crippen molar-refractivity contribution in [3.63, 3.8) is 0 Å². The summed E-state index contributed by atoms with van der Waals surface area (Å²) in [4.78, 5) is 29.8. The van der Waals surface area contributed by atoms with Gasteiger partial charge in [-0.3, -0.25) is 14.5 Å². The molecule has 1 saturated heterocycles. The summed E-state index contributed by atoms with van der Waals surface area (Å²) < 4.78 is 6.22. The van der Waals surface area contributed by atoms with Crippen molar-refractivity contribution in [3.8, 4) is 5.75 Å². The minimum Gasteiger partial charge on any atom is -0.488 e. The van der Waals surface area contributed by atoms with E-state index in [-0.39, 0.29) is 17.7 Å². The Kier molecular flexibility index (Phi) is 7.93. The van der Waals surface area contributed by atoms with Crippen LogP contribution in [0, 0.1) is 6.92 Å². The molecule has 0 unspecified atom stereocenters. The highest BCUT2D eigenvalue weighted by molar-refractivity contribution is 8.18. The Hall–Kier alpha value is -3.51. The SMILES string of the molecule is CCN(CC)c1ccc(/C=C2\SC(=O)N(Cc3ccccc3C)C2=O)c(OCc2ccccc2)c1. The van der Waals surface area contributed by atoms with E-state index in [2.05, 4.69) is 18.7 Å². The number of amides is 2. The predicted octanol–water partition coefficient (Wildman–Crippen LogP) is 6.66. The first-order valence-corrected chi connectivity index (χ1v) is 12.7. The molecule has 0 saturated carbocycles. The number of carbonyl (C=O) groups excluding carboxylic acids is 2. The zero-order chi connectivity index (χ0) is 24.8. The average molecular weight is 487 g/mol. The maximum Gasteiger partial charge on any atom is 0.293 e. The van der Waals surface area contributed by atoms with Crippen molar-refractivity contribution >= 4 is 34.7 Å². The molecule has 0 N–H and O–H groups in total. The number of nitrogens with zero attached hydrogens (tertiary/aromatic N) is 2. The molecule has 0 aromatic heterocycles. The Morgan fingerprint density at radius 1 is 0.943 bits per heavy atom. The molecule has 3 aromatic carbocycles. The van der Waals surface area contributed by atoms with Gasteiger partial charge in [0.15, 0.2) is 0 Å². The number of anilines is 1. The van der Waals surface area contributed by atoms with Crippen LogP contribution in [0.15, 0.2) is 77.7 Å². The average Bonchev–Trinajstić information content (AvgIpc) is 3.13. The largest absolute Gasteiger partial charge is 0.488 e. The summed E-state index contributed by atoms with van der Waals surface area (Å²) in [6.45, 7) is 8.67. The molecule has 0 atom stereocenters. The quantitative estimate of drug-likeness (QED) is 0.317. The highest BCUT2D eigenvalue weighted by atomic mass is 32.2. The number of thioether (sulfide) groups is 1. The lowest BCUT2D eigenvalue weighted by Gasteiger charge is -2.22. The van der Waals surface area contributed by atoms with Gasteiger partial charge in [0.1, 0.15) is 12.4 Å². The molecule has 0 aliphatic carbocycles. The van der Waals surface area contributed by atoms with Gasteiger partial charge in [0.2, 0.25) is 0 Å². The fraction of sp³-hybridized carbons (Fsp3) is 0.241. The molecule has 6 heteroatoms. The fourth-order valence-corrected chi connectivity index (χ4v) is 4.85. The lowest BCUT2D eigenvalue weighted by atomic mass is 10.1. The van der Waals surface area contributed by atoms with E-state index in [0.29, 0.717) is 17.3 Å². The van der Waals surface area contributed by atoms with E-state index in [9.17, 15) is 9.59 Å². The van der Waals surface area contributed by atoms with Crippen molar-refractivity contribution in [2.75, 3.05) is 18.0 Å². The molecule has 180 valence electrons. The van der Waals surface area contributed by atoms with Gasteiger partial charge in [-0.05, 0) is 67.4 Å². The summed E-state index contributed by atoms with van der Waals surface area (Å²) in [6.07, 6.45) is 1.77. The van der Waals surface area contributed by atoms with Crippen LogP contribution in [0.2, 0.25) is 0 Å². The molecule has 4 rings (SSSR count). The van der Waals surface area contributed by atoms with Gasteiger partial charge in [-0.1, -0.05) is 54.6 Å². The molecule has 35 heavy (non-hydrogen) atoms. The van der Waals surface area contributed by atoms with E-state index in [1.165, 1.54) is 4.90 Å². The van der Waals surface area contributed by atoms with Crippen LogP contribution in [0.3, 0.4) is 0 Å². The number of aryl methyl sites for hydroxylation is 1. The molecule has 1 heterocycles. The van der Waals surface area contributed by atoms with Gasteiger partial charge in [0.05, 0.1) is 11.4 Å². The number of hydrogen-bond acceptors (Lipinski definition) is 5. The van der Waals surface area contributed by atoms with Gasteiger partial charge in [-0.2, -0.15) is 0 Å². The van der Waals surface area contributed by atoms with Gasteiger partial charge < -0.3 is 9.64 Å². The smallest absolute Gasteiger partial charge is 0.293 e. The number of rotatable bonds is 9. The third-order valence-corrected chi connectivity index (χ3v) is 7.02. The van der Waals surface area contributed by atoms with E-state index >= 15 is 0 Å². The van der Waals surface area contributed by atoms with E-state index in [1.807, 2.05) is 79.7 Å². The van der Waals surface area contributed by atoms with E-state index in [0.717, 1.165) is 52.8 Å². The first kappa shape index (κ1) is 24.6. The van der Waals surface area contributed by atoms with Crippen LogP contribution in [0.4, 0.5) is 10.5 Å². The monoisotopic (exact) mass is 486 g/mol. The van der Waals surface area contributed by atoms with E-state index in [1.54, 1.807) is 6.08 Å². The molecule has 1 aliphatic heterocycles. The van der Waals surface area contributed by atoms with Gasteiger partial charge >= 0.3 is 0 Å². The predicted molar refractivity (Wildman–Crippen MR) is 143 cm³/mol. The zero-order valence-corrected chi connectivity index (χ0v) is 21.2. The van der Waals surface area contributed by atoms with Gasteiger partial charge in [-0.15, -0.1) is 0 Å². The van der Waals surface area contributed by atoms with Crippen LogP contribution in [-0.2, 0) is 17.9 Å². The number of benzene rings is 3. The molecular formula is C29H30N2O3S. The van der Waals surface area contributed by atoms with Crippen LogP contribution in [0.1, 0.15) is 36.1 Å². The molecule has 5 nitrogen and oxygen atoms in total. The Bertz CT molecular complexity index is 1240. The number of hydrogen-bond donors (Lipinski definition) is 0. The first-order chi connectivity index (χ1) is 17.0. The first-order valence-electron chi connectivity index (χ1n) is 11.9. The summed E-state index contributed by atoms with van der Waals surface area (Å²) in [5.41, 5.74) is 4.91. The van der Waals surface area contributed by atoms with Crippen LogP contribution in [0.25, 0.3) is 6.08 Å². The molecule has 0 spiro atoms. The normalized spacial score (nSPS) is 14.6. The van der Waals surface area contributed by atoms with E-state index in [4.69, 9.17) is 4.74 Å². The third-order valence-electron chi connectivity index (χ3n) is 6.11. The minimum atomic E-state index is -0.273. The van der Waals surface area contributed by atoms with Gasteiger partial charge in [-0.25, -0.2) is 0 Å². The molecule has 0 radical (unpaired) electrons. The summed E-state index contributed by atoms with van der Waals surface area (Å²) in [5, 5.41) is -0.254. The fourth-order valence-electron chi connectivity index (χ4n) is 4.02. The Morgan fingerprint density at radius 2 is 1.66 bits per heavy atom.